The van der Waals surface area contributed by atoms with E-state index in [0.717, 1.165) is 18.4 Å². The first-order chi connectivity index (χ1) is 18.7. The van der Waals surface area contributed by atoms with Crippen molar-refractivity contribution in [2.75, 3.05) is 33.3 Å². The standard InChI is InChI=1S/C27H39FN6O5/c1-5-15-39-27(38)29-14-8-9-22-25(36)32(21(6-2)7-3)17-23-33(22)24(35)18-31(4)34(23)26(37)30-16-19-10-12-20(28)13-11-19/h5,10-13,21-23H,1,6-9,14-18H2,2-4H3,(H,29,38)(H,30,37)/t22-,23-/m0/s1. The number of hydrazine groups is 1. The molecule has 5 amide bonds. The average molecular weight is 547 g/mol. The Morgan fingerprint density at radius 3 is 2.51 bits per heavy atom. The van der Waals surface area contributed by atoms with E-state index in [1.807, 2.05) is 13.8 Å². The van der Waals surface area contributed by atoms with Crippen molar-refractivity contribution >= 4 is 23.9 Å². The molecule has 0 saturated carbocycles. The number of piperazine rings is 1. The summed E-state index contributed by atoms with van der Waals surface area (Å²) >= 11 is 0. The normalized spacial score (nSPS) is 19.7. The zero-order valence-corrected chi connectivity index (χ0v) is 22.9. The largest absolute Gasteiger partial charge is 0.445 e. The van der Waals surface area contributed by atoms with E-state index in [-0.39, 0.29) is 56.5 Å². The van der Waals surface area contributed by atoms with E-state index in [2.05, 4.69) is 17.2 Å². The summed E-state index contributed by atoms with van der Waals surface area (Å²) in [4.78, 5) is 55.5. The number of likely N-dealkylation sites (N-methyl/N-ethyl adjacent to an activating group) is 1. The molecule has 214 valence electrons. The highest BCUT2D eigenvalue weighted by atomic mass is 19.1. The minimum atomic E-state index is -0.774. The van der Waals surface area contributed by atoms with Gasteiger partial charge in [0.25, 0.3) is 0 Å². The van der Waals surface area contributed by atoms with Crippen LogP contribution in [0.2, 0.25) is 0 Å². The molecular formula is C27H39FN6O5. The van der Waals surface area contributed by atoms with E-state index in [9.17, 15) is 23.6 Å². The summed E-state index contributed by atoms with van der Waals surface area (Å²) in [7, 11) is 1.67. The molecule has 2 saturated heterocycles. The van der Waals surface area contributed by atoms with Crippen LogP contribution >= 0.6 is 0 Å². The summed E-state index contributed by atoms with van der Waals surface area (Å²) in [6.07, 6.45) is 2.40. The van der Waals surface area contributed by atoms with Crippen LogP contribution in [0.1, 0.15) is 45.1 Å². The SMILES string of the molecule is C=CCOC(=O)NCCC[C@H]1C(=O)N(C(CC)CC)C[C@H]2N1C(=O)CN(C)N2C(=O)NCc1ccc(F)cc1. The number of nitrogens with one attached hydrogen (secondary N) is 2. The quantitative estimate of drug-likeness (QED) is 0.326. The van der Waals surface area contributed by atoms with Gasteiger partial charge in [0.1, 0.15) is 24.6 Å². The molecular weight excluding hydrogens is 507 g/mol. The van der Waals surface area contributed by atoms with Gasteiger partial charge >= 0.3 is 12.1 Å². The fourth-order valence-corrected chi connectivity index (χ4v) is 5.13. The number of carbonyl (C=O) groups excluding carboxylic acids is 4. The monoisotopic (exact) mass is 546 g/mol. The van der Waals surface area contributed by atoms with Gasteiger partial charge in [-0.1, -0.05) is 38.6 Å². The van der Waals surface area contributed by atoms with E-state index in [0.29, 0.717) is 12.8 Å². The van der Waals surface area contributed by atoms with Crippen LogP contribution in [-0.2, 0) is 20.9 Å². The third-order valence-corrected chi connectivity index (χ3v) is 7.09. The topological polar surface area (TPSA) is 115 Å². The summed E-state index contributed by atoms with van der Waals surface area (Å²) in [6.45, 7) is 8.16. The van der Waals surface area contributed by atoms with Crippen LogP contribution in [0, 0.1) is 5.82 Å². The second kappa shape index (κ2) is 13.9. The van der Waals surface area contributed by atoms with Gasteiger partial charge in [-0.05, 0) is 43.4 Å². The van der Waals surface area contributed by atoms with E-state index in [4.69, 9.17) is 4.74 Å². The first kappa shape index (κ1) is 29.9. The van der Waals surface area contributed by atoms with Crippen molar-refractivity contribution in [3.8, 4) is 0 Å². The summed E-state index contributed by atoms with van der Waals surface area (Å²) < 4.78 is 18.2. The van der Waals surface area contributed by atoms with Gasteiger partial charge in [-0.2, -0.15) is 0 Å². The molecule has 0 aliphatic carbocycles. The number of hydrogen-bond acceptors (Lipinski definition) is 6. The van der Waals surface area contributed by atoms with Crippen LogP contribution in [0.3, 0.4) is 0 Å². The predicted octanol–water partition coefficient (Wildman–Crippen LogP) is 2.44. The number of rotatable bonds is 11. The lowest BCUT2D eigenvalue weighted by Crippen LogP contribution is -2.76. The number of hydrogen-bond donors (Lipinski definition) is 2. The maximum absolute atomic E-state index is 13.7. The summed E-state index contributed by atoms with van der Waals surface area (Å²) in [5, 5.41) is 8.56. The third-order valence-electron chi connectivity index (χ3n) is 7.09. The Balaban J connectivity index is 1.79. The van der Waals surface area contributed by atoms with Gasteiger partial charge in [-0.3, -0.25) is 9.59 Å². The molecule has 2 atom stereocenters. The van der Waals surface area contributed by atoms with Crippen LogP contribution in [-0.4, -0.2) is 95.3 Å². The van der Waals surface area contributed by atoms with Crippen LogP contribution < -0.4 is 10.6 Å². The first-order valence-electron chi connectivity index (χ1n) is 13.4. The molecule has 3 rings (SSSR count). The molecule has 2 aliphatic heterocycles. The van der Waals surface area contributed by atoms with Crippen molar-refractivity contribution in [2.45, 2.75) is 64.3 Å². The maximum Gasteiger partial charge on any atom is 0.407 e. The molecule has 39 heavy (non-hydrogen) atoms. The molecule has 1 aromatic carbocycles. The number of nitrogens with zero attached hydrogens (tertiary/aromatic N) is 4. The van der Waals surface area contributed by atoms with Gasteiger partial charge in [-0.15, -0.1) is 0 Å². The highest BCUT2D eigenvalue weighted by Gasteiger charge is 2.51. The molecule has 2 N–H and O–H groups in total. The molecule has 0 aromatic heterocycles. The number of urea groups is 1. The van der Waals surface area contributed by atoms with Gasteiger partial charge in [0, 0.05) is 26.2 Å². The number of halogens is 1. The highest BCUT2D eigenvalue weighted by Crippen LogP contribution is 2.30. The summed E-state index contributed by atoms with van der Waals surface area (Å²) in [6, 6.07) is 4.60. The molecule has 2 heterocycles. The Morgan fingerprint density at radius 1 is 1.18 bits per heavy atom. The molecule has 2 fully saturated rings. The lowest BCUT2D eigenvalue weighted by molar-refractivity contribution is -0.189. The van der Waals surface area contributed by atoms with Gasteiger partial charge in [-0.25, -0.2) is 24.0 Å². The first-order valence-corrected chi connectivity index (χ1v) is 13.4. The Kier molecular flexibility index (Phi) is 10.7. The van der Waals surface area contributed by atoms with Crippen molar-refractivity contribution in [3.05, 3.63) is 48.3 Å². The zero-order valence-electron chi connectivity index (χ0n) is 22.9. The van der Waals surface area contributed by atoms with Crippen LogP contribution in [0.25, 0.3) is 0 Å². The molecule has 0 bridgehead atoms. The number of ether oxygens (including phenoxy) is 1. The highest BCUT2D eigenvalue weighted by molar-refractivity contribution is 5.91. The number of fused-ring (bicyclic) bond motifs is 1. The minimum absolute atomic E-state index is 0.0411. The van der Waals surface area contributed by atoms with Crippen LogP contribution in [0.4, 0.5) is 14.0 Å². The van der Waals surface area contributed by atoms with Gasteiger partial charge in [0.15, 0.2) is 0 Å². The molecule has 12 heteroatoms. The number of benzene rings is 1. The van der Waals surface area contributed by atoms with Crippen molar-refractivity contribution in [1.29, 1.82) is 0 Å². The molecule has 11 nitrogen and oxygen atoms in total. The predicted molar refractivity (Wildman–Crippen MR) is 142 cm³/mol. The van der Waals surface area contributed by atoms with Gasteiger partial charge in [0.2, 0.25) is 11.8 Å². The average Bonchev–Trinajstić information content (AvgIpc) is 2.91. The van der Waals surface area contributed by atoms with E-state index < -0.39 is 24.3 Å². The Hall–Kier alpha value is -3.67. The van der Waals surface area contributed by atoms with Crippen LogP contribution in [0.15, 0.2) is 36.9 Å². The summed E-state index contributed by atoms with van der Waals surface area (Å²) in [5.74, 6) is -0.761. The second-order valence-corrected chi connectivity index (χ2v) is 9.66. The number of amides is 5. The Bertz CT molecular complexity index is 1030. The van der Waals surface area contributed by atoms with Gasteiger partial charge < -0.3 is 25.2 Å². The maximum atomic E-state index is 13.7. The molecule has 2 aliphatic rings. The van der Waals surface area contributed by atoms with Crippen molar-refractivity contribution in [3.63, 3.8) is 0 Å². The van der Waals surface area contributed by atoms with E-state index in [1.54, 1.807) is 29.1 Å². The van der Waals surface area contributed by atoms with Crippen LogP contribution in [0.5, 0.6) is 0 Å². The van der Waals surface area contributed by atoms with Crippen molar-refractivity contribution in [2.24, 2.45) is 0 Å². The lowest BCUT2D eigenvalue weighted by atomic mass is 9.98. The molecule has 0 radical (unpaired) electrons. The van der Waals surface area contributed by atoms with E-state index in [1.165, 1.54) is 28.1 Å². The summed E-state index contributed by atoms with van der Waals surface area (Å²) in [5.41, 5.74) is 0.729. The second-order valence-electron chi connectivity index (χ2n) is 9.66. The molecule has 1 aromatic rings. The Labute approximate surface area is 228 Å². The molecule has 0 spiro atoms. The van der Waals surface area contributed by atoms with E-state index >= 15 is 0 Å². The number of alkyl carbamates (subject to hydrolysis) is 1. The smallest absolute Gasteiger partial charge is 0.407 e. The fourth-order valence-electron chi connectivity index (χ4n) is 5.13. The number of carbonyl (C=O) groups is 4. The minimum Gasteiger partial charge on any atom is -0.445 e. The van der Waals surface area contributed by atoms with Crippen molar-refractivity contribution < 1.29 is 28.3 Å². The van der Waals surface area contributed by atoms with Crippen molar-refractivity contribution in [1.82, 2.24) is 30.5 Å². The van der Waals surface area contributed by atoms with Gasteiger partial charge in [0.05, 0.1) is 13.1 Å². The fraction of sp³-hybridized carbons (Fsp3) is 0.556. The Morgan fingerprint density at radius 2 is 1.87 bits per heavy atom. The zero-order chi connectivity index (χ0) is 28.5. The third kappa shape index (κ3) is 7.25. The lowest BCUT2D eigenvalue weighted by Gasteiger charge is -2.55. The molecule has 0 unspecified atom stereocenters.